The molecule has 1 aromatic carbocycles. The monoisotopic (exact) mass is 320 g/mol. The Morgan fingerprint density at radius 2 is 2.05 bits per heavy atom. The van der Waals surface area contributed by atoms with Gasteiger partial charge in [0.1, 0.15) is 6.61 Å². The molecule has 1 amide bonds. The molecule has 116 valence electrons. The Bertz CT molecular complexity index is 657. The van der Waals surface area contributed by atoms with Crippen LogP contribution in [0.3, 0.4) is 0 Å². The number of thiazole rings is 1. The summed E-state index contributed by atoms with van der Waals surface area (Å²) in [5.74, 6) is -1.15. The SMILES string of the molecule is Cc1nc(C(C(=O)O)N(C)C(=O)OCc2ccccc2)cs1. The van der Waals surface area contributed by atoms with Crippen LogP contribution in [0.2, 0.25) is 0 Å². The summed E-state index contributed by atoms with van der Waals surface area (Å²) in [5, 5.41) is 11.7. The number of nitrogens with zero attached hydrogens (tertiary/aromatic N) is 2. The van der Waals surface area contributed by atoms with E-state index in [-0.39, 0.29) is 6.61 Å². The maximum Gasteiger partial charge on any atom is 0.410 e. The van der Waals surface area contributed by atoms with Crippen molar-refractivity contribution in [3.05, 3.63) is 52.0 Å². The van der Waals surface area contributed by atoms with E-state index in [1.165, 1.54) is 18.4 Å². The number of rotatable bonds is 5. The third-order valence-corrected chi connectivity index (χ3v) is 3.82. The van der Waals surface area contributed by atoms with E-state index in [1.807, 2.05) is 30.3 Å². The van der Waals surface area contributed by atoms with Gasteiger partial charge in [-0.3, -0.25) is 4.90 Å². The number of carboxylic acid groups (broad SMARTS) is 1. The standard InChI is InChI=1S/C15H16N2O4S/c1-10-16-12(9-22-10)13(14(18)19)17(2)15(20)21-8-11-6-4-3-5-7-11/h3-7,9,13H,8H2,1-2H3,(H,18,19). The second-order valence-electron chi connectivity index (χ2n) is 4.68. The number of carbonyl (C=O) groups excluding carboxylic acids is 1. The number of hydrogen-bond donors (Lipinski definition) is 1. The van der Waals surface area contributed by atoms with Crippen LogP contribution in [0.4, 0.5) is 4.79 Å². The zero-order valence-corrected chi connectivity index (χ0v) is 13.0. The van der Waals surface area contributed by atoms with Crippen LogP contribution in [0.15, 0.2) is 35.7 Å². The molecule has 1 aromatic heterocycles. The van der Waals surface area contributed by atoms with Crippen molar-refractivity contribution in [1.82, 2.24) is 9.88 Å². The fourth-order valence-corrected chi connectivity index (χ4v) is 2.55. The molecule has 1 unspecified atom stereocenters. The lowest BCUT2D eigenvalue weighted by molar-refractivity contribution is -0.142. The van der Waals surface area contributed by atoms with Crippen LogP contribution in [-0.2, 0) is 16.1 Å². The summed E-state index contributed by atoms with van der Waals surface area (Å²) in [4.78, 5) is 28.7. The Labute approximate surface area is 132 Å². The largest absolute Gasteiger partial charge is 0.479 e. The highest BCUT2D eigenvalue weighted by Gasteiger charge is 2.31. The number of benzene rings is 1. The van der Waals surface area contributed by atoms with Crippen LogP contribution in [0.5, 0.6) is 0 Å². The fraction of sp³-hybridized carbons (Fsp3) is 0.267. The molecule has 2 aromatic rings. The van der Waals surface area contributed by atoms with Crippen LogP contribution in [-0.4, -0.2) is 34.1 Å². The first kappa shape index (κ1) is 16.0. The molecule has 0 aliphatic heterocycles. The van der Waals surface area contributed by atoms with Crippen molar-refractivity contribution in [2.45, 2.75) is 19.6 Å². The van der Waals surface area contributed by atoms with Crippen LogP contribution < -0.4 is 0 Å². The van der Waals surface area contributed by atoms with Crippen molar-refractivity contribution in [3.8, 4) is 0 Å². The first-order chi connectivity index (χ1) is 10.5. The maximum atomic E-state index is 12.1. The summed E-state index contributed by atoms with van der Waals surface area (Å²) < 4.78 is 5.15. The Hall–Kier alpha value is -2.41. The maximum absolute atomic E-state index is 12.1. The van der Waals surface area contributed by atoms with Gasteiger partial charge in [0, 0.05) is 12.4 Å². The molecule has 0 bridgehead atoms. The smallest absolute Gasteiger partial charge is 0.410 e. The van der Waals surface area contributed by atoms with Gasteiger partial charge in [-0.25, -0.2) is 14.6 Å². The molecule has 7 heteroatoms. The van der Waals surface area contributed by atoms with Gasteiger partial charge < -0.3 is 9.84 Å². The van der Waals surface area contributed by atoms with Crippen molar-refractivity contribution < 1.29 is 19.4 Å². The number of carboxylic acids is 1. The molecular formula is C15H16N2O4S. The first-order valence-corrected chi connectivity index (χ1v) is 7.45. The quantitative estimate of drug-likeness (QED) is 0.916. The number of aliphatic carboxylic acids is 1. The van der Waals surface area contributed by atoms with E-state index in [0.717, 1.165) is 15.5 Å². The normalized spacial score (nSPS) is 11.7. The summed E-state index contributed by atoms with van der Waals surface area (Å²) in [6, 6.07) is 8.03. The van der Waals surface area contributed by atoms with E-state index in [9.17, 15) is 14.7 Å². The number of ether oxygens (including phenoxy) is 1. The molecule has 1 atom stereocenters. The molecule has 1 N–H and O–H groups in total. The van der Waals surface area contributed by atoms with Gasteiger partial charge in [0.15, 0.2) is 6.04 Å². The van der Waals surface area contributed by atoms with Crippen molar-refractivity contribution in [2.24, 2.45) is 0 Å². The molecular weight excluding hydrogens is 304 g/mol. The highest BCUT2D eigenvalue weighted by molar-refractivity contribution is 7.09. The molecule has 6 nitrogen and oxygen atoms in total. The molecule has 0 aliphatic rings. The third-order valence-electron chi connectivity index (χ3n) is 3.03. The zero-order chi connectivity index (χ0) is 16.1. The Kier molecular flexibility index (Phi) is 5.11. The Balaban J connectivity index is 2.05. The van der Waals surface area contributed by atoms with Gasteiger partial charge in [-0.05, 0) is 12.5 Å². The van der Waals surface area contributed by atoms with E-state index in [2.05, 4.69) is 4.98 Å². The average Bonchev–Trinajstić information content (AvgIpc) is 2.91. The number of aromatic nitrogens is 1. The lowest BCUT2D eigenvalue weighted by Crippen LogP contribution is -2.36. The van der Waals surface area contributed by atoms with E-state index in [1.54, 1.807) is 12.3 Å². The number of amides is 1. The molecule has 1 heterocycles. The summed E-state index contributed by atoms with van der Waals surface area (Å²) in [6.07, 6.45) is -0.707. The Morgan fingerprint density at radius 3 is 2.59 bits per heavy atom. The summed E-state index contributed by atoms with van der Waals surface area (Å²) in [6.45, 7) is 1.87. The number of carbonyl (C=O) groups is 2. The van der Waals surface area contributed by atoms with Gasteiger partial charge in [-0.2, -0.15) is 0 Å². The van der Waals surface area contributed by atoms with Crippen LogP contribution >= 0.6 is 11.3 Å². The van der Waals surface area contributed by atoms with E-state index < -0.39 is 18.1 Å². The highest BCUT2D eigenvalue weighted by atomic mass is 32.1. The third kappa shape index (κ3) is 3.82. The topological polar surface area (TPSA) is 79.7 Å². The lowest BCUT2D eigenvalue weighted by Gasteiger charge is -2.22. The van der Waals surface area contributed by atoms with Gasteiger partial charge in [-0.15, -0.1) is 11.3 Å². The van der Waals surface area contributed by atoms with Crippen molar-refractivity contribution in [3.63, 3.8) is 0 Å². The van der Waals surface area contributed by atoms with Gasteiger partial charge in [0.05, 0.1) is 10.7 Å². The van der Waals surface area contributed by atoms with E-state index >= 15 is 0 Å². The lowest BCUT2D eigenvalue weighted by atomic mass is 10.2. The van der Waals surface area contributed by atoms with Crippen molar-refractivity contribution >= 4 is 23.4 Å². The minimum Gasteiger partial charge on any atom is -0.479 e. The van der Waals surface area contributed by atoms with Gasteiger partial charge >= 0.3 is 12.1 Å². The van der Waals surface area contributed by atoms with Gasteiger partial charge in [0.25, 0.3) is 0 Å². The molecule has 0 fully saturated rings. The molecule has 0 saturated carbocycles. The Morgan fingerprint density at radius 1 is 1.36 bits per heavy atom. The molecule has 2 rings (SSSR count). The minimum atomic E-state index is -1.16. The predicted molar refractivity (Wildman–Crippen MR) is 81.6 cm³/mol. The summed E-state index contributed by atoms with van der Waals surface area (Å²) >= 11 is 1.34. The molecule has 0 aliphatic carbocycles. The number of aryl methyl sites for hydroxylation is 1. The van der Waals surface area contributed by atoms with E-state index in [0.29, 0.717) is 5.69 Å². The average molecular weight is 320 g/mol. The second-order valence-corrected chi connectivity index (χ2v) is 5.75. The fourth-order valence-electron chi connectivity index (χ4n) is 1.92. The van der Waals surface area contributed by atoms with Crippen LogP contribution in [0, 0.1) is 6.92 Å². The molecule has 0 spiro atoms. The minimum absolute atomic E-state index is 0.0897. The second kappa shape index (κ2) is 7.04. The van der Waals surface area contributed by atoms with E-state index in [4.69, 9.17) is 4.74 Å². The first-order valence-electron chi connectivity index (χ1n) is 6.57. The summed E-state index contributed by atoms with van der Waals surface area (Å²) in [7, 11) is 1.39. The highest BCUT2D eigenvalue weighted by Crippen LogP contribution is 2.22. The van der Waals surface area contributed by atoms with Gasteiger partial charge in [0.2, 0.25) is 0 Å². The molecule has 0 saturated heterocycles. The summed E-state index contributed by atoms with van der Waals surface area (Å²) in [5.41, 5.74) is 1.16. The van der Waals surface area contributed by atoms with Crippen LogP contribution in [0.25, 0.3) is 0 Å². The molecule has 22 heavy (non-hydrogen) atoms. The van der Waals surface area contributed by atoms with Crippen LogP contribution in [0.1, 0.15) is 22.3 Å². The van der Waals surface area contributed by atoms with Crippen molar-refractivity contribution in [1.29, 1.82) is 0 Å². The van der Waals surface area contributed by atoms with Crippen molar-refractivity contribution in [2.75, 3.05) is 7.05 Å². The number of likely N-dealkylation sites (N-methyl/N-ethyl adjacent to an activating group) is 1. The number of hydrogen-bond acceptors (Lipinski definition) is 5. The predicted octanol–water partition coefficient (Wildman–Crippen LogP) is 2.85. The van der Waals surface area contributed by atoms with Gasteiger partial charge in [-0.1, -0.05) is 30.3 Å². The molecule has 0 radical (unpaired) electrons. The zero-order valence-electron chi connectivity index (χ0n) is 12.2.